The van der Waals surface area contributed by atoms with Gasteiger partial charge in [-0.05, 0) is 37.5 Å². The summed E-state index contributed by atoms with van der Waals surface area (Å²) in [6, 6.07) is 5.26. The summed E-state index contributed by atoms with van der Waals surface area (Å²) in [5, 5.41) is 0. The average molecular weight is 332 g/mol. The Kier molecular flexibility index (Phi) is 5.30. The fraction of sp³-hybridized carbons (Fsp3) is 0.600. The summed E-state index contributed by atoms with van der Waals surface area (Å²) < 4.78 is 33.2. The number of sulfonamides is 1. The van der Waals surface area contributed by atoms with Gasteiger partial charge in [-0.15, -0.1) is 11.6 Å². The molecule has 0 amide bonds. The van der Waals surface area contributed by atoms with Crippen molar-refractivity contribution in [3.63, 3.8) is 0 Å². The fourth-order valence-electron chi connectivity index (χ4n) is 2.56. The monoisotopic (exact) mass is 331 g/mol. The Morgan fingerprint density at radius 3 is 2.76 bits per heavy atom. The number of aryl methyl sites for hydroxylation is 1. The Morgan fingerprint density at radius 2 is 2.14 bits per heavy atom. The van der Waals surface area contributed by atoms with Gasteiger partial charge in [0.2, 0.25) is 10.0 Å². The molecule has 0 radical (unpaired) electrons. The van der Waals surface area contributed by atoms with Crippen molar-refractivity contribution in [1.82, 2.24) is 4.31 Å². The van der Waals surface area contributed by atoms with Crippen LogP contribution < -0.4 is 0 Å². The second-order valence-corrected chi connectivity index (χ2v) is 7.64. The Bertz CT molecular complexity index is 603. The van der Waals surface area contributed by atoms with E-state index >= 15 is 0 Å². The van der Waals surface area contributed by atoms with Crippen molar-refractivity contribution in [3.8, 4) is 0 Å². The molecule has 0 saturated carbocycles. The first-order chi connectivity index (χ1) is 9.90. The van der Waals surface area contributed by atoms with Crippen molar-refractivity contribution in [2.24, 2.45) is 0 Å². The van der Waals surface area contributed by atoms with Gasteiger partial charge in [0.25, 0.3) is 0 Å². The van der Waals surface area contributed by atoms with Gasteiger partial charge in [-0.1, -0.05) is 19.1 Å². The summed E-state index contributed by atoms with van der Waals surface area (Å²) >= 11 is 5.84. The van der Waals surface area contributed by atoms with E-state index in [1.807, 2.05) is 32.9 Å². The molecule has 2 rings (SSSR count). The minimum Gasteiger partial charge on any atom is -0.375 e. The SMILES string of the molecule is CCC1COC(C)CN1S(=O)(=O)c1cc(CCl)ccc1C. The van der Waals surface area contributed by atoms with Crippen molar-refractivity contribution in [2.45, 2.75) is 50.1 Å². The van der Waals surface area contributed by atoms with E-state index in [1.165, 1.54) is 0 Å². The number of nitrogens with zero attached hydrogens (tertiary/aromatic N) is 1. The summed E-state index contributed by atoms with van der Waals surface area (Å²) in [4.78, 5) is 0.355. The van der Waals surface area contributed by atoms with E-state index < -0.39 is 10.0 Å². The lowest BCUT2D eigenvalue weighted by atomic mass is 10.2. The molecule has 1 aliphatic rings. The third kappa shape index (κ3) is 3.42. The van der Waals surface area contributed by atoms with E-state index in [9.17, 15) is 8.42 Å². The lowest BCUT2D eigenvalue weighted by Crippen LogP contribution is -2.51. The lowest BCUT2D eigenvalue weighted by Gasteiger charge is -2.37. The number of halogens is 1. The topological polar surface area (TPSA) is 46.6 Å². The summed E-state index contributed by atoms with van der Waals surface area (Å²) in [5.41, 5.74) is 1.56. The van der Waals surface area contributed by atoms with Crippen LogP contribution in [-0.4, -0.2) is 38.0 Å². The quantitative estimate of drug-likeness (QED) is 0.797. The summed E-state index contributed by atoms with van der Waals surface area (Å²) in [7, 11) is -3.52. The second-order valence-electron chi connectivity index (χ2n) is 5.51. The van der Waals surface area contributed by atoms with Crippen LogP contribution in [0.1, 0.15) is 31.4 Å². The van der Waals surface area contributed by atoms with Crippen LogP contribution >= 0.6 is 11.6 Å². The van der Waals surface area contributed by atoms with Crippen molar-refractivity contribution in [2.75, 3.05) is 13.2 Å². The minimum atomic E-state index is -3.52. The molecule has 6 heteroatoms. The zero-order valence-electron chi connectivity index (χ0n) is 12.7. The highest BCUT2D eigenvalue weighted by Crippen LogP contribution is 2.27. The van der Waals surface area contributed by atoms with Crippen molar-refractivity contribution in [1.29, 1.82) is 0 Å². The van der Waals surface area contributed by atoms with Crippen LogP contribution in [0.2, 0.25) is 0 Å². The molecule has 2 atom stereocenters. The van der Waals surface area contributed by atoms with Gasteiger partial charge in [0.15, 0.2) is 0 Å². The van der Waals surface area contributed by atoms with E-state index in [0.29, 0.717) is 23.9 Å². The van der Waals surface area contributed by atoms with Gasteiger partial charge in [-0.2, -0.15) is 4.31 Å². The molecule has 0 aliphatic carbocycles. The van der Waals surface area contributed by atoms with Gasteiger partial charge in [0, 0.05) is 18.5 Å². The van der Waals surface area contributed by atoms with Crippen LogP contribution in [0.3, 0.4) is 0 Å². The summed E-state index contributed by atoms with van der Waals surface area (Å²) in [6.45, 7) is 6.54. The third-order valence-corrected chi connectivity index (χ3v) is 6.25. The van der Waals surface area contributed by atoms with Gasteiger partial charge in [0.1, 0.15) is 0 Å². The smallest absolute Gasteiger partial charge is 0.243 e. The highest BCUT2D eigenvalue weighted by molar-refractivity contribution is 7.89. The van der Waals surface area contributed by atoms with Gasteiger partial charge in [-0.25, -0.2) is 8.42 Å². The van der Waals surface area contributed by atoms with Crippen molar-refractivity contribution in [3.05, 3.63) is 29.3 Å². The van der Waals surface area contributed by atoms with E-state index in [4.69, 9.17) is 16.3 Å². The highest BCUT2D eigenvalue weighted by Gasteiger charge is 2.36. The summed E-state index contributed by atoms with van der Waals surface area (Å²) in [6.07, 6.45) is 0.652. The van der Waals surface area contributed by atoms with E-state index in [1.54, 1.807) is 10.4 Å². The second kappa shape index (κ2) is 6.65. The molecule has 1 saturated heterocycles. The molecule has 1 heterocycles. The maximum atomic E-state index is 13.0. The average Bonchev–Trinajstić information content (AvgIpc) is 2.47. The molecule has 1 aromatic carbocycles. The Balaban J connectivity index is 2.44. The first-order valence-corrected chi connectivity index (χ1v) is 9.16. The molecule has 0 aromatic heterocycles. The zero-order chi connectivity index (χ0) is 15.6. The standard InChI is InChI=1S/C15H22ClNO3S/c1-4-14-10-20-12(3)9-17(14)21(18,19)15-7-13(8-16)6-5-11(15)2/h5-7,12,14H,4,8-10H2,1-3H3. The Hall–Kier alpha value is -0.620. The third-order valence-electron chi connectivity index (χ3n) is 3.88. The van der Waals surface area contributed by atoms with Gasteiger partial charge in [0.05, 0.1) is 17.6 Å². The van der Waals surface area contributed by atoms with Gasteiger partial charge in [-0.3, -0.25) is 0 Å². The summed E-state index contributed by atoms with van der Waals surface area (Å²) in [5.74, 6) is 0.305. The normalized spacial score (nSPS) is 24.2. The molecular formula is C15H22ClNO3S. The van der Waals surface area contributed by atoms with E-state index in [2.05, 4.69) is 0 Å². The highest BCUT2D eigenvalue weighted by atomic mass is 35.5. The van der Waals surface area contributed by atoms with Crippen LogP contribution in [0.25, 0.3) is 0 Å². The molecule has 2 unspecified atom stereocenters. The number of hydrogen-bond acceptors (Lipinski definition) is 3. The molecule has 0 N–H and O–H groups in total. The number of rotatable bonds is 4. The van der Waals surface area contributed by atoms with Crippen LogP contribution in [0.4, 0.5) is 0 Å². The maximum absolute atomic E-state index is 13.0. The Morgan fingerprint density at radius 1 is 1.43 bits per heavy atom. The van der Waals surface area contributed by atoms with Crippen LogP contribution in [0.15, 0.2) is 23.1 Å². The van der Waals surface area contributed by atoms with Gasteiger partial charge < -0.3 is 4.74 Å². The number of ether oxygens (including phenoxy) is 1. The minimum absolute atomic E-state index is 0.0842. The van der Waals surface area contributed by atoms with Crippen LogP contribution in [0, 0.1) is 6.92 Å². The number of morpholine rings is 1. The lowest BCUT2D eigenvalue weighted by molar-refractivity contribution is -0.0230. The van der Waals surface area contributed by atoms with Crippen LogP contribution in [-0.2, 0) is 20.6 Å². The largest absolute Gasteiger partial charge is 0.375 e. The van der Waals surface area contributed by atoms with Crippen molar-refractivity contribution < 1.29 is 13.2 Å². The van der Waals surface area contributed by atoms with E-state index in [0.717, 1.165) is 17.5 Å². The number of benzene rings is 1. The molecule has 0 bridgehead atoms. The van der Waals surface area contributed by atoms with E-state index in [-0.39, 0.29) is 12.1 Å². The molecular weight excluding hydrogens is 310 g/mol. The fourth-order valence-corrected chi connectivity index (χ4v) is 4.76. The number of alkyl halides is 1. The first kappa shape index (κ1) is 16.7. The predicted molar refractivity (Wildman–Crippen MR) is 84.1 cm³/mol. The molecule has 1 aliphatic heterocycles. The first-order valence-electron chi connectivity index (χ1n) is 7.19. The molecule has 21 heavy (non-hydrogen) atoms. The molecule has 4 nitrogen and oxygen atoms in total. The molecule has 0 spiro atoms. The van der Waals surface area contributed by atoms with Crippen LogP contribution in [0.5, 0.6) is 0 Å². The molecule has 1 fully saturated rings. The molecule has 118 valence electrons. The van der Waals surface area contributed by atoms with Gasteiger partial charge >= 0.3 is 0 Å². The zero-order valence-corrected chi connectivity index (χ0v) is 14.2. The number of hydrogen-bond donors (Lipinski definition) is 0. The van der Waals surface area contributed by atoms with Crippen molar-refractivity contribution >= 4 is 21.6 Å². The Labute approximate surface area is 132 Å². The molecule has 1 aromatic rings. The maximum Gasteiger partial charge on any atom is 0.243 e. The predicted octanol–water partition coefficient (Wildman–Crippen LogP) is 2.92.